The van der Waals surface area contributed by atoms with E-state index in [0.29, 0.717) is 22.3 Å². The molecule has 2 aromatic carbocycles. The molecule has 0 aliphatic rings. The fraction of sp³-hybridized carbons (Fsp3) is 0.208. The average molecular weight is 422 g/mol. The molecule has 0 saturated heterocycles. The fourth-order valence-electron chi connectivity index (χ4n) is 3.22. The maximum Gasteiger partial charge on any atom is 0.342 e. The first-order valence-electron chi connectivity index (χ1n) is 9.54. The molecule has 7 nitrogen and oxygen atoms in total. The molecule has 31 heavy (non-hydrogen) atoms. The highest BCUT2D eigenvalue weighted by molar-refractivity contribution is 6.10. The van der Waals surface area contributed by atoms with Gasteiger partial charge < -0.3 is 18.6 Å². The molecule has 0 N–H and O–H groups in total. The number of methoxy groups -OCH3 is 1. The number of furan rings is 1. The molecule has 1 heterocycles. The van der Waals surface area contributed by atoms with Crippen LogP contribution < -0.4 is 9.47 Å². The summed E-state index contributed by atoms with van der Waals surface area (Å²) in [6, 6.07) is 8.50. The Kier molecular flexibility index (Phi) is 6.25. The van der Waals surface area contributed by atoms with Crippen LogP contribution in [0.15, 0.2) is 40.8 Å². The monoisotopic (exact) mass is 422 g/mol. The molecule has 0 aliphatic carbocycles. The molecule has 0 radical (unpaired) electrons. The van der Waals surface area contributed by atoms with Gasteiger partial charge in [0, 0.05) is 24.8 Å². The van der Waals surface area contributed by atoms with Gasteiger partial charge >= 0.3 is 17.9 Å². The van der Waals surface area contributed by atoms with E-state index >= 15 is 0 Å². The molecule has 0 fully saturated rings. The maximum absolute atomic E-state index is 12.7. The lowest BCUT2D eigenvalue weighted by Gasteiger charge is -2.08. The highest BCUT2D eigenvalue weighted by atomic mass is 16.5. The van der Waals surface area contributed by atoms with Crippen LogP contribution in [-0.4, -0.2) is 25.0 Å². The lowest BCUT2D eigenvalue weighted by atomic mass is 10.0. The Morgan fingerprint density at radius 1 is 0.968 bits per heavy atom. The smallest absolute Gasteiger partial charge is 0.342 e. The summed E-state index contributed by atoms with van der Waals surface area (Å²) in [5, 5.41) is 0.434. The summed E-state index contributed by atoms with van der Waals surface area (Å²) in [6.45, 7) is 6.23. The molecule has 3 aromatic rings. The minimum Gasteiger partial charge on any atom is -0.465 e. The van der Waals surface area contributed by atoms with E-state index < -0.39 is 17.9 Å². The van der Waals surface area contributed by atoms with Crippen molar-refractivity contribution >= 4 is 35.0 Å². The van der Waals surface area contributed by atoms with Crippen LogP contribution in [0.1, 0.15) is 42.3 Å². The molecule has 0 aliphatic heterocycles. The van der Waals surface area contributed by atoms with Crippen molar-refractivity contribution in [3.05, 3.63) is 53.1 Å². The second kappa shape index (κ2) is 8.87. The minimum absolute atomic E-state index is 0.176. The van der Waals surface area contributed by atoms with E-state index in [1.807, 2.05) is 19.1 Å². The zero-order valence-corrected chi connectivity index (χ0v) is 17.9. The van der Waals surface area contributed by atoms with Gasteiger partial charge in [-0.3, -0.25) is 9.59 Å². The van der Waals surface area contributed by atoms with Gasteiger partial charge in [0.15, 0.2) is 11.3 Å². The molecule has 0 amide bonds. The lowest BCUT2D eigenvalue weighted by Crippen LogP contribution is -2.04. The predicted octanol–water partition coefficient (Wildman–Crippen LogP) is 5.08. The molecule has 0 atom stereocenters. The average Bonchev–Trinajstić information content (AvgIpc) is 3.08. The number of hydrogen-bond donors (Lipinski definition) is 0. The van der Waals surface area contributed by atoms with Gasteiger partial charge in [-0.05, 0) is 43.2 Å². The number of aryl methyl sites for hydroxylation is 1. The lowest BCUT2D eigenvalue weighted by molar-refractivity contribution is -0.132. The zero-order valence-electron chi connectivity index (χ0n) is 17.9. The summed E-state index contributed by atoms with van der Waals surface area (Å²) in [6.07, 6.45) is 3.63. The van der Waals surface area contributed by atoms with Gasteiger partial charge in [-0.15, -0.1) is 0 Å². The van der Waals surface area contributed by atoms with Gasteiger partial charge in [-0.2, -0.15) is 0 Å². The summed E-state index contributed by atoms with van der Waals surface area (Å²) >= 11 is 0. The van der Waals surface area contributed by atoms with Crippen LogP contribution in [-0.2, 0) is 14.3 Å². The SMILES string of the molecule is C/C=C/c1cc(OC(C)=O)c2oc(-c3ccc(C)c(OC(C)=O)c3)c(C(=O)OC)c2c1. The molecule has 160 valence electrons. The van der Waals surface area contributed by atoms with Crippen molar-refractivity contribution in [3.8, 4) is 22.8 Å². The minimum atomic E-state index is -0.616. The van der Waals surface area contributed by atoms with E-state index in [2.05, 4.69) is 0 Å². The summed E-state index contributed by atoms with van der Waals surface area (Å²) < 4.78 is 21.6. The number of carbonyl (C=O) groups excluding carboxylic acids is 3. The van der Waals surface area contributed by atoms with Crippen LogP contribution in [0.5, 0.6) is 11.5 Å². The molecule has 3 rings (SSSR count). The fourth-order valence-corrected chi connectivity index (χ4v) is 3.22. The number of rotatable bonds is 5. The summed E-state index contributed by atoms with van der Waals surface area (Å²) in [5.41, 5.74) is 2.36. The normalized spacial score (nSPS) is 11.0. The van der Waals surface area contributed by atoms with E-state index in [9.17, 15) is 14.4 Å². The van der Waals surface area contributed by atoms with E-state index in [-0.39, 0.29) is 22.7 Å². The Hall–Kier alpha value is -3.87. The molecule has 0 unspecified atom stereocenters. The van der Waals surface area contributed by atoms with E-state index in [4.69, 9.17) is 18.6 Å². The van der Waals surface area contributed by atoms with Gasteiger partial charge in [0.2, 0.25) is 0 Å². The summed E-state index contributed by atoms with van der Waals surface area (Å²) in [5.74, 6) is -0.871. The number of hydrogen-bond acceptors (Lipinski definition) is 7. The number of fused-ring (bicyclic) bond motifs is 1. The van der Waals surface area contributed by atoms with Crippen molar-refractivity contribution in [2.24, 2.45) is 0 Å². The van der Waals surface area contributed by atoms with E-state index in [1.165, 1.54) is 21.0 Å². The molecule has 0 spiro atoms. The number of allylic oxidation sites excluding steroid dienone is 1. The zero-order chi connectivity index (χ0) is 22.7. The van der Waals surface area contributed by atoms with Crippen LogP contribution in [0.25, 0.3) is 28.4 Å². The van der Waals surface area contributed by atoms with Gasteiger partial charge in [0.05, 0.1) is 7.11 Å². The van der Waals surface area contributed by atoms with Gasteiger partial charge in [-0.25, -0.2) is 4.79 Å². The van der Waals surface area contributed by atoms with Crippen LogP contribution in [0, 0.1) is 6.92 Å². The summed E-state index contributed by atoms with van der Waals surface area (Å²) in [7, 11) is 1.27. The Bertz CT molecular complexity index is 1210. The largest absolute Gasteiger partial charge is 0.465 e. The first kappa shape index (κ1) is 21.8. The number of ether oxygens (including phenoxy) is 3. The highest BCUT2D eigenvalue weighted by Crippen LogP contribution is 2.41. The Morgan fingerprint density at radius 3 is 2.26 bits per heavy atom. The molecule has 1 aromatic heterocycles. The number of benzene rings is 2. The molecule has 0 bridgehead atoms. The second-order valence-corrected chi connectivity index (χ2v) is 6.86. The Balaban J connectivity index is 2.35. The summed E-state index contributed by atoms with van der Waals surface area (Å²) in [4.78, 5) is 35.8. The van der Waals surface area contributed by atoms with E-state index in [1.54, 1.807) is 37.3 Å². The molecule has 0 saturated carbocycles. The topological polar surface area (TPSA) is 92.0 Å². The standard InChI is InChI=1S/C24H22O7/c1-6-7-16-10-18-21(24(27)28-5)22(31-23(18)20(11-16)30-15(4)26)17-9-8-13(2)19(12-17)29-14(3)25/h6-12H,1-5H3/b7-6+. The molecule has 7 heteroatoms. The van der Waals surface area contributed by atoms with Crippen molar-refractivity contribution in [1.29, 1.82) is 0 Å². The quantitative estimate of drug-likeness (QED) is 0.418. The number of esters is 3. The first-order chi connectivity index (χ1) is 14.7. The van der Waals surface area contributed by atoms with Crippen molar-refractivity contribution in [3.63, 3.8) is 0 Å². The predicted molar refractivity (Wildman–Crippen MR) is 115 cm³/mol. The third-order valence-corrected chi connectivity index (χ3v) is 4.48. The van der Waals surface area contributed by atoms with Gasteiger partial charge in [-0.1, -0.05) is 24.3 Å². The van der Waals surface area contributed by atoms with Crippen molar-refractivity contribution in [2.45, 2.75) is 27.7 Å². The van der Waals surface area contributed by atoms with Crippen LogP contribution in [0.2, 0.25) is 0 Å². The Labute approximate surface area is 179 Å². The van der Waals surface area contributed by atoms with Gasteiger partial charge in [0.1, 0.15) is 17.1 Å². The van der Waals surface area contributed by atoms with E-state index in [0.717, 1.165) is 5.56 Å². The second-order valence-electron chi connectivity index (χ2n) is 6.86. The molecular formula is C24H22O7. The van der Waals surface area contributed by atoms with Crippen LogP contribution >= 0.6 is 0 Å². The third kappa shape index (κ3) is 4.50. The van der Waals surface area contributed by atoms with Gasteiger partial charge in [0.25, 0.3) is 0 Å². The highest BCUT2D eigenvalue weighted by Gasteiger charge is 2.26. The van der Waals surface area contributed by atoms with Crippen molar-refractivity contribution in [1.82, 2.24) is 0 Å². The maximum atomic E-state index is 12.7. The Morgan fingerprint density at radius 2 is 1.65 bits per heavy atom. The third-order valence-electron chi connectivity index (χ3n) is 4.48. The van der Waals surface area contributed by atoms with Crippen molar-refractivity contribution in [2.75, 3.05) is 7.11 Å². The van der Waals surface area contributed by atoms with Crippen LogP contribution in [0.3, 0.4) is 0 Å². The van der Waals surface area contributed by atoms with Crippen LogP contribution in [0.4, 0.5) is 0 Å². The molecular weight excluding hydrogens is 400 g/mol. The van der Waals surface area contributed by atoms with Crippen molar-refractivity contribution < 1.29 is 33.0 Å². The first-order valence-corrected chi connectivity index (χ1v) is 9.54. The number of carbonyl (C=O) groups is 3.